The molecule has 1 aromatic carbocycles. The van der Waals surface area contributed by atoms with Gasteiger partial charge in [-0.1, -0.05) is 29.3 Å². The van der Waals surface area contributed by atoms with Crippen molar-refractivity contribution in [3.63, 3.8) is 0 Å². The second-order valence-electron chi connectivity index (χ2n) is 5.05. The highest BCUT2D eigenvalue weighted by Gasteiger charge is 2.16. The number of rotatable bonds is 7. The highest BCUT2D eigenvalue weighted by Crippen LogP contribution is 2.22. The van der Waals surface area contributed by atoms with Crippen molar-refractivity contribution in [2.75, 3.05) is 26.7 Å². The highest BCUT2D eigenvalue weighted by atomic mass is 35.5. The SMILES string of the molecule is CCN(CC)C(=O)CN(C)C(=O)CCc1ccc(Cl)cc1Cl. The summed E-state index contributed by atoms with van der Waals surface area (Å²) in [6.45, 7) is 5.25. The fourth-order valence-electron chi connectivity index (χ4n) is 2.12. The van der Waals surface area contributed by atoms with Crippen LogP contribution < -0.4 is 0 Å². The number of benzene rings is 1. The van der Waals surface area contributed by atoms with Gasteiger partial charge in [0.15, 0.2) is 0 Å². The predicted octanol–water partition coefficient (Wildman–Crippen LogP) is 3.25. The Kier molecular flexibility index (Phi) is 7.69. The minimum atomic E-state index is -0.0773. The summed E-state index contributed by atoms with van der Waals surface area (Å²) in [5.41, 5.74) is 0.878. The standard InChI is InChI=1S/C16H22Cl2N2O2/c1-4-20(5-2)16(22)11-19(3)15(21)9-7-12-6-8-13(17)10-14(12)18/h6,8,10H,4-5,7,9,11H2,1-3H3. The monoisotopic (exact) mass is 344 g/mol. The lowest BCUT2D eigenvalue weighted by molar-refractivity contribution is -0.139. The van der Waals surface area contributed by atoms with E-state index in [-0.39, 0.29) is 18.4 Å². The lowest BCUT2D eigenvalue weighted by Crippen LogP contribution is -2.41. The number of aryl methyl sites for hydroxylation is 1. The molecule has 0 aromatic heterocycles. The van der Waals surface area contributed by atoms with Crippen molar-refractivity contribution in [3.05, 3.63) is 33.8 Å². The fourth-order valence-corrected chi connectivity index (χ4v) is 2.63. The van der Waals surface area contributed by atoms with Gasteiger partial charge < -0.3 is 9.80 Å². The van der Waals surface area contributed by atoms with Crippen LogP contribution in [0.15, 0.2) is 18.2 Å². The molecule has 0 aliphatic heterocycles. The topological polar surface area (TPSA) is 40.6 Å². The van der Waals surface area contributed by atoms with Crippen molar-refractivity contribution in [2.24, 2.45) is 0 Å². The maximum Gasteiger partial charge on any atom is 0.242 e. The van der Waals surface area contributed by atoms with Gasteiger partial charge >= 0.3 is 0 Å². The summed E-state index contributed by atoms with van der Waals surface area (Å²) >= 11 is 11.9. The molecular formula is C16H22Cl2N2O2. The predicted molar refractivity (Wildman–Crippen MR) is 90.3 cm³/mol. The van der Waals surface area contributed by atoms with Crippen molar-refractivity contribution >= 4 is 35.0 Å². The number of carbonyl (C=O) groups excluding carboxylic acids is 2. The molecule has 122 valence electrons. The highest BCUT2D eigenvalue weighted by molar-refractivity contribution is 6.35. The van der Waals surface area contributed by atoms with Crippen LogP contribution in [0.4, 0.5) is 0 Å². The molecule has 0 unspecified atom stereocenters. The Morgan fingerprint density at radius 2 is 1.73 bits per heavy atom. The lowest BCUT2D eigenvalue weighted by atomic mass is 10.1. The molecular weight excluding hydrogens is 323 g/mol. The van der Waals surface area contributed by atoms with E-state index in [9.17, 15) is 9.59 Å². The Hall–Kier alpha value is -1.26. The molecule has 0 aliphatic carbocycles. The van der Waals surface area contributed by atoms with E-state index in [4.69, 9.17) is 23.2 Å². The van der Waals surface area contributed by atoms with Gasteiger partial charge in [-0.15, -0.1) is 0 Å². The summed E-state index contributed by atoms with van der Waals surface area (Å²) in [6.07, 6.45) is 0.835. The molecule has 4 nitrogen and oxygen atoms in total. The minimum absolute atomic E-state index is 0.0367. The summed E-state index contributed by atoms with van der Waals surface area (Å²) < 4.78 is 0. The third-order valence-electron chi connectivity index (χ3n) is 3.54. The van der Waals surface area contributed by atoms with Crippen molar-refractivity contribution in [1.82, 2.24) is 9.80 Å². The molecule has 1 aromatic rings. The maximum absolute atomic E-state index is 12.1. The Balaban J connectivity index is 2.52. The molecule has 0 radical (unpaired) electrons. The first-order valence-electron chi connectivity index (χ1n) is 7.34. The van der Waals surface area contributed by atoms with E-state index in [1.54, 1.807) is 24.1 Å². The molecule has 0 aliphatic rings. The smallest absolute Gasteiger partial charge is 0.242 e. The third kappa shape index (κ3) is 5.50. The van der Waals surface area contributed by atoms with Gasteiger partial charge in [0.2, 0.25) is 11.8 Å². The van der Waals surface area contributed by atoms with Crippen LogP contribution in [0, 0.1) is 0 Å². The van der Waals surface area contributed by atoms with Crippen molar-refractivity contribution in [1.29, 1.82) is 0 Å². The molecule has 2 amide bonds. The molecule has 0 heterocycles. The zero-order chi connectivity index (χ0) is 16.7. The molecule has 0 saturated carbocycles. The number of halogens is 2. The number of nitrogens with zero attached hydrogens (tertiary/aromatic N) is 2. The normalized spacial score (nSPS) is 10.4. The molecule has 0 fully saturated rings. The quantitative estimate of drug-likeness (QED) is 0.761. The number of carbonyl (C=O) groups is 2. The minimum Gasteiger partial charge on any atom is -0.342 e. The van der Waals surface area contributed by atoms with Crippen LogP contribution in [0.3, 0.4) is 0 Å². The van der Waals surface area contributed by atoms with Crippen molar-refractivity contribution in [2.45, 2.75) is 26.7 Å². The van der Waals surface area contributed by atoms with Gasteiger partial charge in [0.1, 0.15) is 0 Å². The number of amides is 2. The van der Waals surface area contributed by atoms with Gasteiger partial charge in [-0.05, 0) is 38.0 Å². The van der Waals surface area contributed by atoms with Gasteiger partial charge in [-0.2, -0.15) is 0 Å². The van der Waals surface area contributed by atoms with Crippen LogP contribution in [0.25, 0.3) is 0 Å². The molecule has 22 heavy (non-hydrogen) atoms. The van der Waals surface area contributed by atoms with Crippen LogP contribution >= 0.6 is 23.2 Å². The Labute approximate surface area is 142 Å². The van der Waals surface area contributed by atoms with Gasteiger partial charge in [0.25, 0.3) is 0 Å². The summed E-state index contributed by atoms with van der Waals surface area (Å²) in [6, 6.07) is 5.23. The van der Waals surface area contributed by atoms with Gasteiger partial charge in [-0.3, -0.25) is 9.59 Å². The van der Waals surface area contributed by atoms with E-state index in [0.29, 0.717) is 36.0 Å². The molecule has 6 heteroatoms. The van der Waals surface area contributed by atoms with E-state index >= 15 is 0 Å². The average molecular weight is 345 g/mol. The zero-order valence-electron chi connectivity index (χ0n) is 13.2. The van der Waals surface area contributed by atoms with Gasteiger partial charge in [-0.25, -0.2) is 0 Å². The molecule has 0 atom stereocenters. The largest absolute Gasteiger partial charge is 0.342 e. The van der Waals surface area contributed by atoms with E-state index in [1.807, 2.05) is 19.9 Å². The van der Waals surface area contributed by atoms with Crippen LogP contribution in [0.1, 0.15) is 25.8 Å². The van der Waals surface area contributed by atoms with Crippen LogP contribution in [-0.2, 0) is 16.0 Å². The van der Waals surface area contributed by atoms with E-state index in [1.165, 1.54) is 4.90 Å². The second-order valence-corrected chi connectivity index (χ2v) is 5.90. The molecule has 0 saturated heterocycles. The molecule has 0 N–H and O–H groups in total. The van der Waals surface area contributed by atoms with Crippen LogP contribution in [0.2, 0.25) is 10.0 Å². The van der Waals surface area contributed by atoms with Crippen molar-refractivity contribution in [3.8, 4) is 0 Å². The number of likely N-dealkylation sites (N-methyl/N-ethyl adjacent to an activating group) is 2. The summed E-state index contributed by atoms with van der Waals surface area (Å²) in [5.74, 6) is -0.114. The first-order chi connectivity index (χ1) is 10.4. The third-order valence-corrected chi connectivity index (χ3v) is 4.12. The van der Waals surface area contributed by atoms with E-state index in [0.717, 1.165) is 5.56 Å². The van der Waals surface area contributed by atoms with Crippen molar-refractivity contribution < 1.29 is 9.59 Å². The average Bonchev–Trinajstić information content (AvgIpc) is 2.47. The fraction of sp³-hybridized carbons (Fsp3) is 0.500. The first-order valence-corrected chi connectivity index (χ1v) is 8.10. The Bertz CT molecular complexity index is 531. The Morgan fingerprint density at radius 3 is 2.27 bits per heavy atom. The molecule has 1 rings (SSSR count). The zero-order valence-corrected chi connectivity index (χ0v) is 14.7. The van der Waals surface area contributed by atoms with Crippen LogP contribution in [-0.4, -0.2) is 48.3 Å². The van der Waals surface area contributed by atoms with Gasteiger partial charge in [0, 0.05) is 36.6 Å². The Morgan fingerprint density at radius 1 is 1.09 bits per heavy atom. The molecule has 0 bridgehead atoms. The van der Waals surface area contributed by atoms with E-state index < -0.39 is 0 Å². The first kappa shape index (κ1) is 18.8. The van der Waals surface area contributed by atoms with Crippen LogP contribution in [0.5, 0.6) is 0 Å². The molecule has 0 spiro atoms. The van der Waals surface area contributed by atoms with Gasteiger partial charge in [0.05, 0.1) is 6.54 Å². The second kappa shape index (κ2) is 9.01. The summed E-state index contributed by atoms with van der Waals surface area (Å²) in [4.78, 5) is 27.3. The summed E-state index contributed by atoms with van der Waals surface area (Å²) in [7, 11) is 1.65. The summed E-state index contributed by atoms with van der Waals surface area (Å²) in [5, 5.41) is 1.13. The number of hydrogen-bond acceptors (Lipinski definition) is 2. The van der Waals surface area contributed by atoms with E-state index in [2.05, 4.69) is 0 Å². The lowest BCUT2D eigenvalue weighted by Gasteiger charge is -2.23. The number of hydrogen-bond donors (Lipinski definition) is 0. The maximum atomic E-state index is 12.1.